The van der Waals surface area contributed by atoms with Crippen molar-refractivity contribution in [1.82, 2.24) is 4.98 Å². The van der Waals surface area contributed by atoms with Crippen molar-refractivity contribution in [2.75, 3.05) is 11.1 Å². The number of fused-ring (bicyclic) bond motifs is 1. The zero-order valence-corrected chi connectivity index (χ0v) is 15.2. The normalized spacial score (nSPS) is 10.9. The number of aromatic nitrogens is 1. The van der Waals surface area contributed by atoms with Gasteiger partial charge in [0.2, 0.25) is 5.91 Å². The molecule has 23 heavy (non-hydrogen) atoms. The molecule has 0 bridgehead atoms. The maximum absolute atomic E-state index is 12.0. The molecule has 0 saturated heterocycles. The molecule has 3 nitrogen and oxygen atoms in total. The average Bonchev–Trinajstić information content (AvgIpc) is 2.91. The Morgan fingerprint density at radius 1 is 1.26 bits per heavy atom. The Morgan fingerprint density at radius 3 is 2.87 bits per heavy atom. The number of hydrogen-bond donors (Lipinski definition) is 1. The molecule has 1 heterocycles. The number of nitrogens with one attached hydrogen (secondary N) is 1. The fourth-order valence-corrected chi connectivity index (χ4v) is 4.13. The zero-order valence-electron chi connectivity index (χ0n) is 12.1. The first-order valence-corrected chi connectivity index (χ1v) is 9.32. The number of anilines is 1. The van der Waals surface area contributed by atoms with Crippen LogP contribution in [0.4, 0.5) is 5.69 Å². The van der Waals surface area contributed by atoms with Gasteiger partial charge in [0, 0.05) is 15.7 Å². The minimum Gasteiger partial charge on any atom is -0.325 e. The van der Waals surface area contributed by atoms with Gasteiger partial charge in [0.1, 0.15) is 0 Å². The van der Waals surface area contributed by atoms with E-state index in [1.54, 1.807) is 17.4 Å². The second-order valence-corrected chi connectivity index (χ2v) is 7.99. The smallest absolute Gasteiger partial charge is 0.234 e. The van der Waals surface area contributed by atoms with Crippen molar-refractivity contribution in [1.29, 1.82) is 0 Å². The number of thiazole rings is 1. The predicted molar refractivity (Wildman–Crippen MR) is 100 cm³/mol. The van der Waals surface area contributed by atoms with Crippen LogP contribution in [-0.4, -0.2) is 16.6 Å². The number of carbonyl (C=O) groups is 1. The number of thioether (sulfide) groups is 1. The fourth-order valence-electron chi connectivity index (χ4n) is 1.94. The van der Waals surface area contributed by atoms with Crippen molar-refractivity contribution < 1.29 is 4.79 Å². The molecule has 0 aliphatic heterocycles. The highest BCUT2D eigenvalue weighted by molar-refractivity contribution is 8.01. The van der Waals surface area contributed by atoms with Crippen molar-refractivity contribution in [2.24, 2.45) is 0 Å². The number of aryl methyl sites for hydroxylation is 1. The first-order chi connectivity index (χ1) is 11.0. The van der Waals surface area contributed by atoms with Gasteiger partial charge >= 0.3 is 0 Å². The van der Waals surface area contributed by atoms with Crippen LogP contribution in [-0.2, 0) is 4.79 Å². The van der Waals surface area contributed by atoms with Crippen molar-refractivity contribution in [2.45, 2.75) is 11.3 Å². The second-order valence-electron chi connectivity index (χ2n) is 4.89. The van der Waals surface area contributed by atoms with E-state index < -0.39 is 0 Å². The van der Waals surface area contributed by atoms with Gasteiger partial charge < -0.3 is 5.32 Å². The Bertz CT molecular complexity index is 880. The van der Waals surface area contributed by atoms with Crippen LogP contribution in [0.25, 0.3) is 10.2 Å². The van der Waals surface area contributed by atoms with Crippen molar-refractivity contribution in [3.05, 3.63) is 52.0 Å². The number of amides is 1. The van der Waals surface area contributed by atoms with Crippen LogP contribution < -0.4 is 5.32 Å². The van der Waals surface area contributed by atoms with E-state index in [9.17, 15) is 4.79 Å². The predicted octanol–water partition coefficient (Wildman–Crippen LogP) is 5.64. The lowest BCUT2D eigenvalue weighted by molar-refractivity contribution is -0.113. The van der Waals surface area contributed by atoms with E-state index in [4.69, 9.17) is 23.2 Å². The molecule has 3 rings (SSSR count). The van der Waals surface area contributed by atoms with Gasteiger partial charge in [0.15, 0.2) is 4.34 Å². The molecule has 0 aliphatic rings. The Hall–Kier alpha value is -1.27. The van der Waals surface area contributed by atoms with E-state index in [-0.39, 0.29) is 5.91 Å². The molecular weight excluding hydrogens is 371 g/mol. The first kappa shape index (κ1) is 16.6. The largest absolute Gasteiger partial charge is 0.325 e. The summed E-state index contributed by atoms with van der Waals surface area (Å²) in [5.74, 6) is 0.200. The molecule has 1 N–H and O–H groups in total. The summed E-state index contributed by atoms with van der Waals surface area (Å²) in [7, 11) is 0. The molecule has 1 aromatic heterocycles. The van der Waals surface area contributed by atoms with E-state index in [2.05, 4.69) is 10.3 Å². The molecule has 0 unspecified atom stereocenters. The minimum atomic E-state index is -0.0905. The third-order valence-electron chi connectivity index (χ3n) is 3.11. The van der Waals surface area contributed by atoms with Gasteiger partial charge in [-0.05, 0) is 42.8 Å². The van der Waals surface area contributed by atoms with E-state index >= 15 is 0 Å². The summed E-state index contributed by atoms with van der Waals surface area (Å²) in [6, 6.07) is 11.1. The van der Waals surface area contributed by atoms with E-state index in [1.165, 1.54) is 11.8 Å². The molecule has 1 amide bonds. The summed E-state index contributed by atoms with van der Waals surface area (Å²) >= 11 is 15.0. The highest BCUT2D eigenvalue weighted by atomic mass is 35.5. The van der Waals surface area contributed by atoms with E-state index in [1.807, 2.05) is 37.3 Å². The number of hydrogen-bond acceptors (Lipinski definition) is 4. The third kappa shape index (κ3) is 4.18. The molecular formula is C16H12Cl2N2OS2. The fraction of sp³-hybridized carbons (Fsp3) is 0.125. The highest BCUT2D eigenvalue weighted by Crippen LogP contribution is 2.31. The number of halogens is 2. The van der Waals surface area contributed by atoms with Crippen molar-refractivity contribution >= 4 is 68.1 Å². The second kappa shape index (κ2) is 7.09. The molecule has 3 aromatic rings. The van der Waals surface area contributed by atoms with Gasteiger partial charge in [-0.25, -0.2) is 4.98 Å². The van der Waals surface area contributed by atoms with Crippen molar-refractivity contribution in [3.8, 4) is 0 Å². The Morgan fingerprint density at radius 2 is 2.09 bits per heavy atom. The number of nitrogens with zero attached hydrogens (tertiary/aromatic N) is 1. The molecule has 0 fully saturated rings. The molecule has 7 heteroatoms. The molecule has 0 spiro atoms. The third-order valence-corrected chi connectivity index (χ3v) is 5.93. The zero-order chi connectivity index (χ0) is 16.4. The maximum Gasteiger partial charge on any atom is 0.234 e. The summed E-state index contributed by atoms with van der Waals surface area (Å²) in [5, 5.41) is 4.13. The number of carbonyl (C=O) groups excluding carboxylic acids is 1. The van der Waals surface area contributed by atoms with Crippen LogP contribution in [0, 0.1) is 6.92 Å². The first-order valence-electron chi connectivity index (χ1n) is 6.76. The van der Waals surface area contributed by atoms with Gasteiger partial charge in [-0.1, -0.05) is 41.0 Å². The lowest BCUT2D eigenvalue weighted by Crippen LogP contribution is -2.13. The SMILES string of the molecule is Cc1ccc(NC(=O)CSc2nc3cc(Cl)ccc3s2)cc1Cl. The summed E-state index contributed by atoms with van der Waals surface area (Å²) in [6.07, 6.45) is 0. The summed E-state index contributed by atoms with van der Waals surface area (Å²) in [4.78, 5) is 16.5. The Kier molecular flexibility index (Phi) is 5.11. The monoisotopic (exact) mass is 382 g/mol. The van der Waals surface area contributed by atoms with Gasteiger partial charge in [0.25, 0.3) is 0 Å². The minimum absolute atomic E-state index is 0.0905. The van der Waals surface area contributed by atoms with Gasteiger partial charge in [-0.3, -0.25) is 4.79 Å². The Labute approximate surface area is 152 Å². The molecule has 0 radical (unpaired) electrons. The number of rotatable bonds is 4. The van der Waals surface area contributed by atoms with Gasteiger partial charge in [-0.2, -0.15) is 0 Å². The van der Waals surface area contributed by atoms with Crippen LogP contribution in [0.1, 0.15) is 5.56 Å². The van der Waals surface area contributed by atoms with E-state index in [0.717, 1.165) is 20.1 Å². The van der Waals surface area contributed by atoms with E-state index in [0.29, 0.717) is 21.5 Å². The molecule has 0 saturated carbocycles. The lowest BCUT2D eigenvalue weighted by atomic mass is 10.2. The Balaban J connectivity index is 1.62. The van der Waals surface area contributed by atoms with Crippen LogP contribution in [0.15, 0.2) is 40.7 Å². The molecule has 2 aromatic carbocycles. The molecule has 118 valence electrons. The van der Waals surface area contributed by atoms with Gasteiger partial charge in [-0.15, -0.1) is 11.3 Å². The quantitative estimate of drug-likeness (QED) is 0.593. The lowest BCUT2D eigenvalue weighted by Gasteiger charge is -2.06. The summed E-state index contributed by atoms with van der Waals surface area (Å²) in [6.45, 7) is 1.92. The molecule has 0 aliphatic carbocycles. The summed E-state index contributed by atoms with van der Waals surface area (Å²) < 4.78 is 1.90. The average molecular weight is 383 g/mol. The van der Waals surface area contributed by atoms with Crippen molar-refractivity contribution in [3.63, 3.8) is 0 Å². The summed E-state index contributed by atoms with van der Waals surface area (Å²) in [5.41, 5.74) is 2.53. The maximum atomic E-state index is 12.0. The van der Waals surface area contributed by atoms with Crippen LogP contribution in [0.3, 0.4) is 0 Å². The van der Waals surface area contributed by atoms with Gasteiger partial charge in [0.05, 0.1) is 16.0 Å². The van der Waals surface area contributed by atoms with Crippen LogP contribution >= 0.6 is 46.3 Å². The number of benzene rings is 2. The van der Waals surface area contributed by atoms with Crippen LogP contribution in [0.2, 0.25) is 10.0 Å². The highest BCUT2D eigenvalue weighted by Gasteiger charge is 2.09. The van der Waals surface area contributed by atoms with Crippen LogP contribution in [0.5, 0.6) is 0 Å². The standard InChI is InChI=1S/C16H12Cl2N2OS2/c1-9-2-4-11(7-12(9)18)19-15(21)8-22-16-20-13-6-10(17)3-5-14(13)23-16/h2-7H,8H2,1H3,(H,19,21). The molecule has 0 atom stereocenters. The topological polar surface area (TPSA) is 42.0 Å².